The van der Waals surface area contributed by atoms with Crippen LogP contribution >= 0.6 is 23.2 Å². The van der Waals surface area contributed by atoms with Crippen LogP contribution in [-0.2, 0) is 14.8 Å². The largest absolute Gasteiger partial charge is 0.379 e. The summed E-state index contributed by atoms with van der Waals surface area (Å²) < 4.78 is 33.6. The SMILES string of the molecule is O=S(=O)(NCC1CCC(CNc2nc(NCCN3CCOCC3)c3ccccc3n2)CC1)c1cc(Cl)cc(Cl)c1. The third kappa shape index (κ3) is 7.96. The predicted octanol–water partition coefficient (Wildman–Crippen LogP) is 4.88. The molecule has 9 nitrogen and oxygen atoms in total. The first-order valence-electron chi connectivity index (χ1n) is 13.9. The number of sulfonamides is 1. The van der Waals surface area contributed by atoms with Crippen molar-refractivity contribution in [2.75, 3.05) is 63.1 Å². The number of halogens is 2. The van der Waals surface area contributed by atoms with Crippen LogP contribution in [0.5, 0.6) is 0 Å². The van der Waals surface area contributed by atoms with E-state index in [1.54, 1.807) is 0 Å². The number of para-hydroxylation sites is 1. The van der Waals surface area contributed by atoms with Gasteiger partial charge in [0.15, 0.2) is 0 Å². The number of hydrogen-bond donors (Lipinski definition) is 3. The molecule has 216 valence electrons. The highest BCUT2D eigenvalue weighted by Gasteiger charge is 2.24. The van der Waals surface area contributed by atoms with Gasteiger partial charge in [0, 0.05) is 54.7 Å². The molecule has 0 radical (unpaired) electrons. The zero-order valence-corrected chi connectivity index (χ0v) is 24.7. The Morgan fingerprint density at radius 2 is 1.57 bits per heavy atom. The fourth-order valence-electron chi connectivity index (χ4n) is 5.32. The highest BCUT2D eigenvalue weighted by molar-refractivity contribution is 7.89. The van der Waals surface area contributed by atoms with Gasteiger partial charge in [0.2, 0.25) is 16.0 Å². The molecule has 2 aliphatic rings. The van der Waals surface area contributed by atoms with Gasteiger partial charge in [-0.2, -0.15) is 4.98 Å². The molecular weight excluding hydrogens is 571 g/mol. The van der Waals surface area contributed by atoms with Crippen molar-refractivity contribution >= 4 is 55.9 Å². The number of anilines is 2. The van der Waals surface area contributed by atoms with Crippen molar-refractivity contribution in [2.45, 2.75) is 30.6 Å². The second-order valence-electron chi connectivity index (χ2n) is 10.5. The summed E-state index contributed by atoms with van der Waals surface area (Å²) in [5, 5.41) is 8.59. The number of nitrogens with zero attached hydrogens (tertiary/aromatic N) is 3. The van der Waals surface area contributed by atoms with Gasteiger partial charge in [0.1, 0.15) is 5.82 Å². The van der Waals surface area contributed by atoms with Gasteiger partial charge < -0.3 is 15.4 Å². The van der Waals surface area contributed by atoms with Gasteiger partial charge in [-0.1, -0.05) is 35.3 Å². The molecule has 3 aromatic rings. The number of hydrogen-bond acceptors (Lipinski definition) is 8. The Kier molecular flexibility index (Phi) is 9.98. The van der Waals surface area contributed by atoms with Crippen LogP contribution in [0.25, 0.3) is 10.9 Å². The number of benzene rings is 2. The average molecular weight is 608 g/mol. The van der Waals surface area contributed by atoms with Crippen molar-refractivity contribution in [1.82, 2.24) is 19.6 Å². The number of morpholine rings is 1. The lowest BCUT2D eigenvalue weighted by Crippen LogP contribution is -2.39. The minimum Gasteiger partial charge on any atom is -0.379 e. The predicted molar refractivity (Wildman–Crippen MR) is 161 cm³/mol. The van der Waals surface area contributed by atoms with Crippen LogP contribution in [0.15, 0.2) is 47.4 Å². The van der Waals surface area contributed by atoms with Gasteiger partial charge in [-0.3, -0.25) is 4.90 Å². The summed E-state index contributed by atoms with van der Waals surface area (Å²) in [6.07, 6.45) is 3.94. The first-order valence-corrected chi connectivity index (χ1v) is 16.1. The smallest absolute Gasteiger partial charge is 0.240 e. The van der Waals surface area contributed by atoms with E-state index in [2.05, 4.69) is 20.3 Å². The Bertz CT molecular complexity index is 1380. The summed E-state index contributed by atoms with van der Waals surface area (Å²) in [6.45, 7) is 6.44. The zero-order chi connectivity index (χ0) is 28.0. The number of rotatable bonds is 11. The van der Waals surface area contributed by atoms with Gasteiger partial charge in [0.05, 0.1) is 23.6 Å². The third-order valence-corrected chi connectivity index (χ3v) is 9.49. The van der Waals surface area contributed by atoms with Crippen LogP contribution in [0.1, 0.15) is 25.7 Å². The number of ether oxygens (including phenoxy) is 1. The molecule has 0 unspecified atom stereocenters. The minimum atomic E-state index is -3.66. The Hall–Kier alpha value is -2.21. The van der Waals surface area contributed by atoms with E-state index in [0.29, 0.717) is 34.4 Å². The first-order chi connectivity index (χ1) is 19.4. The van der Waals surface area contributed by atoms with Crippen LogP contribution in [0.4, 0.5) is 11.8 Å². The standard InChI is InChI=1S/C28H36Cl2N6O3S/c29-22-15-23(30)17-24(16-22)40(37,38)33-19-21-7-5-20(6-8-21)18-32-28-34-26-4-2-1-3-25(26)27(35-28)31-9-10-36-11-13-39-14-12-36/h1-4,15-17,20-21,33H,5-14,18-19H2,(H2,31,32,34,35). The van der Waals surface area contributed by atoms with Crippen LogP contribution in [0, 0.1) is 11.8 Å². The molecule has 2 fully saturated rings. The van der Waals surface area contributed by atoms with Crippen LogP contribution < -0.4 is 15.4 Å². The molecule has 1 aliphatic heterocycles. The van der Waals surface area contributed by atoms with Gasteiger partial charge in [0.25, 0.3) is 0 Å². The van der Waals surface area contributed by atoms with Crippen molar-refractivity contribution in [3.05, 3.63) is 52.5 Å². The molecule has 12 heteroatoms. The van der Waals surface area contributed by atoms with Gasteiger partial charge in [-0.25, -0.2) is 18.1 Å². The molecule has 2 heterocycles. The van der Waals surface area contributed by atoms with Crippen LogP contribution in [0.2, 0.25) is 10.0 Å². The molecule has 1 saturated heterocycles. The van der Waals surface area contributed by atoms with E-state index in [1.165, 1.54) is 18.2 Å². The maximum absolute atomic E-state index is 12.7. The summed E-state index contributed by atoms with van der Waals surface area (Å²) in [4.78, 5) is 12.0. The average Bonchev–Trinajstić information content (AvgIpc) is 2.95. The Morgan fingerprint density at radius 1 is 0.900 bits per heavy atom. The molecule has 2 aromatic carbocycles. The topological polar surface area (TPSA) is 108 Å². The molecular formula is C28H36Cl2N6O3S. The van der Waals surface area contributed by atoms with Gasteiger partial charge in [-0.05, 0) is 67.9 Å². The fraction of sp³-hybridized carbons (Fsp3) is 0.500. The van der Waals surface area contributed by atoms with Crippen molar-refractivity contribution < 1.29 is 13.2 Å². The molecule has 0 spiro atoms. The maximum atomic E-state index is 12.7. The lowest BCUT2D eigenvalue weighted by Gasteiger charge is -2.28. The summed E-state index contributed by atoms with van der Waals surface area (Å²) in [5.74, 6) is 2.24. The Labute approximate surface area is 246 Å². The summed E-state index contributed by atoms with van der Waals surface area (Å²) >= 11 is 12.0. The monoisotopic (exact) mass is 606 g/mol. The Balaban J connectivity index is 1.11. The second-order valence-corrected chi connectivity index (χ2v) is 13.2. The van der Waals surface area contributed by atoms with E-state index >= 15 is 0 Å². The normalized spacial score (nSPS) is 20.4. The lowest BCUT2D eigenvalue weighted by molar-refractivity contribution is 0.0398. The molecule has 3 N–H and O–H groups in total. The van der Waals surface area contributed by atoms with E-state index in [1.807, 2.05) is 24.3 Å². The van der Waals surface area contributed by atoms with Crippen LogP contribution in [0.3, 0.4) is 0 Å². The van der Waals surface area contributed by atoms with Crippen molar-refractivity contribution in [3.63, 3.8) is 0 Å². The van der Waals surface area contributed by atoms with E-state index in [0.717, 1.165) is 88.3 Å². The quantitative estimate of drug-likeness (QED) is 0.283. The Morgan fingerprint density at radius 3 is 2.30 bits per heavy atom. The first kappa shape index (κ1) is 29.3. The van der Waals surface area contributed by atoms with Crippen molar-refractivity contribution in [2.24, 2.45) is 11.8 Å². The van der Waals surface area contributed by atoms with Gasteiger partial charge in [-0.15, -0.1) is 0 Å². The summed E-state index contributed by atoms with van der Waals surface area (Å²) in [5.41, 5.74) is 0.908. The molecule has 40 heavy (non-hydrogen) atoms. The fourth-order valence-corrected chi connectivity index (χ4v) is 7.16. The van der Waals surface area contributed by atoms with E-state index in [-0.39, 0.29) is 4.90 Å². The third-order valence-electron chi connectivity index (χ3n) is 7.65. The van der Waals surface area contributed by atoms with Crippen molar-refractivity contribution in [3.8, 4) is 0 Å². The number of aromatic nitrogens is 2. The minimum absolute atomic E-state index is 0.0909. The summed E-state index contributed by atoms with van der Waals surface area (Å²) in [7, 11) is -3.66. The molecule has 1 aromatic heterocycles. The highest BCUT2D eigenvalue weighted by atomic mass is 35.5. The molecule has 1 aliphatic carbocycles. The summed E-state index contributed by atoms with van der Waals surface area (Å²) in [6, 6.07) is 12.4. The zero-order valence-electron chi connectivity index (χ0n) is 22.4. The van der Waals surface area contributed by atoms with Crippen LogP contribution in [-0.4, -0.2) is 75.8 Å². The van der Waals surface area contributed by atoms with E-state index in [4.69, 9.17) is 37.9 Å². The second kappa shape index (κ2) is 13.6. The molecule has 0 bridgehead atoms. The maximum Gasteiger partial charge on any atom is 0.240 e. The molecule has 0 amide bonds. The van der Waals surface area contributed by atoms with E-state index in [9.17, 15) is 8.42 Å². The molecule has 1 saturated carbocycles. The lowest BCUT2D eigenvalue weighted by atomic mass is 9.82. The molecule has 5 rings (SSSR count). The van der Waals surface area contributed by atoms with Crippen molar-refractivity contribution in [1.29, 1.82) is 0 Å². The number of fused-ring (bicyclic) bond motifs is 1. The van der Waals surface area contributed by atoms with E-state index < -0.39 is 10.0 Å². The van der Waals surface area contributed by atoms with Gasteiger partial charge >= 0.3 is 0 Å². The highest BCUT2D eigenvalue weighted by Crippen LogP contribution is 2.30. The number of nitrogens with one attached hydrogen (secondary N) is 3. The molecule has 0 atom stereocenters.